The zero-order valence-electron chi connectivity index (χ0n) is 12.4. The summed E-state index contributed by atoms with van der Waals surface area (Å²) in [5, 5.41) is 16.9. The number of nitro benzene ring substituents is 1. The highest BCUT2D eigenvalue weighted by molar-refractivity contribution is 6.06. The fourth-order valence-electron chi connectivity index (χ4n) is 2.11. The van der Waals surface area contributed by atoms with Crippen LogP contribution >= 0.6 is 12.4 Å². The first-order valence-electron chi connectivity index (χ1n) is 6.77. The van der Waals surface area contributed by atoms with E-state index in [-0.39, 0.29) is 23.7 Å². The van der Waals surface area contributed by atoms with Crippen molar-refractivity contribution < 1.29 is 9.72 Å². The molecular formula is C14H17ClN4O4. The summed E-state index contributed by atoms with van der Waals surface area (Å²) in [7, 11) is 1.81. The topological polar surface area (TPSA) is 117 Å². The third kappa shape index (κ3) is 4.51. The minimum Gasteiger partial charge on any atom is -0.352 e. The average Bonchev–Trinajstić information content (AvgIpc) is 2.50. The van der Waals surface area contributed by atoms with Crippen molar-refractivity contribution in [3.8, 4) is 0 Å². The number of halogens is 1. The van der Waals surface area contributed by atoms with Crippen LogP contribution < -0.4 is 16.2 Å². The molecule has 0 spiro atoms. The van der Waals surface area contributed by atoms with Crippen LogP contribution in [-0.4, -0.2) is 36.0 Å². The molecule has 3 N–H and O–H groups in total. The number of hydrogen-bond donors (Lipinski definition) is 3. The summed E-state index contributed by atoms with van der Waals surface area (Å²) >= 11 is 0. The van der Waals surface area contributed by atoms with Gasteiger partial charge in [-0.25, -0.2) is 0 Å². The van der Waals surface area contributed by atoms with Gasteiger partial charge in [0.05, 0.1) is 10.5 Å². The van der Waals surface area contributed by atoms with Gasteiger partial charge in [-0.1, -0.05) is 0 Å². The Kier molecular flexibility index (Phi) is 6.67. The molecule has 0 aliphatic heterocycles. The van der Waals surface area contributed by atoms with E-state index in [0.717, 1.165) is 19.0 Å². The predicted molar refractivity (Wildman–Crippen MR) is 89.3 cm³/mol. The number of pyridine rings is 1. The lowest BCUT2D eigenvalue weighted by atomic mass is 10.1. The number of carbonyl (C=O) groups excluding carboxylic acids is 1. The number of carbonyl (C=O) groups is 1. The third-order valence-electron chi connectivity index (χ3n) is 3.17. The van der Waals surface area contributed by atoms with Crippen LogP contribution in [-0.2, 0) is 0 Å². The Morgan fingerprint density at radius 2 is 2.04 bits per heavy atom. The maximum absolute atomic E-state index is 12.2. The highest BCUT2D eigenvalue weighted by atomic mass is 35.5. The zero-order valence-corrected chi connectivity index (χ0v) is 13.2. The van der Waals surface area contributed by atoms with Crippen molar-refractivity contribution in [2.75, 3.05) is 20.1 Å². The molecule has 2 aromatic rings. The first-order chi connectivity index (χ1) is 10.5. The average molecular weight is 341 g/mol. The van der Waals surface area contributed by atoms with Gasteiger partial charge in [0.1, 0.15) is 0 Å². The van der Waals surface area contributed by atoms with Gasteiger partial charge in [0.15, 0.2) is 0 Å². The lowest BCUT2D eigenvalue weighted by Gasteiger charge is -2.07. The number of hydrogen-bond acceptors (Lipinski definition) is 5. The molecule has 124 valence electrons. The highest BCUT2D eigenvalue weighted by Gasteiger charge is 2.15. The fraction of sp³-hybridized carbons (Fsp3) is 0.286. The molecule has 0 saturated carbocycles. The van der Waals surface area contributed by atoms with Crippen molar-refractivity contribution in [3.63, 3.8) is 0 Å². The van der Waals surface area contributed by atoms with Crippen LogP contribution in [0.1, 0.15) is 16.8 Å². The van der Waals surface area contributed by atoms with Crippen LogP contribution in [0.25, 0.3) is 10.9 Å². The molecular weight excluding hydrogens is 324 g/mol. The third-order valence-corrected chi connectivity index (χ3v) is 3.17. The largest absolute Gasteiger partial charge is 0.352 e. The molecule has 0 fully saturated rings. The van der Waals surface area contributed by atoms with Crippen LogP contribution in [0.2, 0.25) is 0 Å². The lowest BCUT2D eigenvalue weighted by Crippen LogP contribution is -2.27. The van der Waals surface area contributed by atoms with Gasteiger partial charge >= 0.3 is 0 Å². The number of nitro groups is 1. The Morgan fingerprint density at radius 1 is 1.30 bits per heavy atom. The van der Waals surface area contributed by atoms with Gasteiger partial charge in [-0.2, -0.15) is 0 Å². The number of nitrogens with one attached hydrogen (secondary N) is 3. The summed E-state index contributed by atoms with van der Waals surface area (Å²) in [5.74, 6) is -0.423. The second-order valence-electron chi connectivity index (χ2n) is 4.75. The van der Waals surface area contributed by atoms with Crippen molar-refractivity contribution in [1.29, 1.82) is 0 Å². The molecule has 2 rings (SSSR count). The smallest absolute Gasteiger partial charge is 0.270 e. The van der Waals surface area contributed by atoms with Crippen molar-refractivity contribution in [1.82, 2.24) is 15.6 Å². The second kappa shape index (κ2) is 8.25. The van der Waals surface area contributed by atoms with Crippen molar-refractivity contribution in [2.24, 2.45) is 0 Å². The number of rotatable bonds is 6. The minimum absolute atomic E-state index is 0. The van der Waals surface area contributed by atoms with E-state index in [1.807, 2.05) is 7.05 Å². The fourth-order valence-corrected chi connectivity index (χ4v) is 2.11. The quantitative estimate of drug-likeness (QED) is 0.415. The number of aromatic nitrogens is 1. The van der Waals surface area contributed by atoms with Crippen LogP contribution in [0.5, 0.6) is 0 Å². The van der Waals surface area contributed by atoms with Gasteiger partial charge in [-0.05, 0) is 26.1 Å². The SMILES string of the molecule is CNCCCNC(=O)c1cc(=O)[nH]c2ccc([N+](=O)[O-])cc12.Cl. The van der Waals surface area contributed by atoms with Gasteiger partial charge < -0.3 is 15.6 Å². The number of H-pyrrole nitrogens is 1. The number of benzene rings is 1. The summed E-state index contributed by atoms with van der Waals surface area (Å²) in [4.78, 5) is 36.7. The molecule has 1 heterocycles. The van der Waals surface area contributed by atoms with Gasteiger partial charge in [0.2, 0.25) is 5.56 Å². The molecule has 23 heavy (non-hydrogen) atoms. The summed E-state index contributed by atoms with van der Waals surface area (Å²) in [6, 6.07) is 5.15. The zero-order chi connectivity index (χ0) is 16.1. The lowest BCUT2D eigenvalue weighted by molar-refractivity contribution is -0.384. The van der Waals surface area contributed by atoms with Gasteiger partial charge in [0.25, 0.3) is 11.6 Å². The Hall–Kier alpha value is -2.45. The molecule has 0 aliphatic rings. The molecule has 0 atom stereocenters. The van der Waals surface area contributed by atoms with E-state index < -0.39 is 16.4 Å². The minimum atomic E-state index is -0.543. The number of amides is 1. The van der Waals surface area contributed by atoms with Crippen molar-refractivity contribution in [3.05, 3.63) is 50.3 Å². The van der Waals surface area contributed by atoms with Gasteiger partial charge in [-0.15, -0.1) is 12.4 Å². The summed E-state index contributed by atoms with van der Waals surface area (Å²) in [6.07, 6.45) is 0.740. The molecule has 0 aliphatic carbocycles. The maximum atomic E-state index is 12.2. The summed E-state index contributed by atoms with van der Waals surface area (Å²) in [6.45, 7) is 1.20. The molecule has 0 unspecified atom stereocenters. The number of aromatic amines is 1. The predicted octanol–water partition coefficient (Wildman–Crippen LogP) is 1.20. The van der Waals surface area contributed by atoms with Crippen LogP contribution in [0.3, 0.4) is 0 Å². The second-order valence-corrected chi connectivity index (χ2v) is 4.75. The van der Waals surface area contributed by atoms with Crippen LogP contribution in [0, 0.1) is 10.1 Å². The Morgan fingerprint density at radius 3 is 2.70 bits per heavy atom. The Labute approximate surface area is 137 Å². The molecule has 0 bridgehead atoms. The Balaban J connectivity index is 0.00000264. The standard InChI is InChI=1S/C14H16N4O4.ClH/c1-15-5-2-6-16-14(20)11-8-13(19)17-12-4-3-9(18(21)22)7-10(11)12;/h3-4,7-8,15H,2,5-6H2,1H3,(H,16,20)(H,17,19);1H. The van der Waals surface area contributed by atoms with E-state index in [1.165, 1.54) is 18.2 Å². The van der Waals surface area contributed by atoms with E-state index in [4.69, 9.17) is 0 Å². The first-order valence-corrected chi connectivity index (χ1v) is 6.77. The van der Waals surface area contributed by atoms with Crippen molar-refractivity contribution in [2.45, 2.75) is 6.42 Å². The van der Waals surface area contributed by atoms with Crippen molar-refractivity contribution >= 4 is 34.9 Å². The monoisotopic (exact) mass is 340 g/mol. The molecule has 0 saturated heterocycles. The number of fused-ring (bicyclic) bond motifs is 1. The van der Waals surface area contributed by atoms with E-state index in [9.17, 15) is 19.7 Å². The molecule has 1 aromatic carbocycles. The van der Waals surface area contributed by atoms with Crippen LogP contribution in [0.15, 0.2) is 29.1 Å². The van der Waals surface area contributed by atoms with E-state index >= 15 is 0 Å². The van der Waals surface area contributed by atoms with Gasteiger partial charge in [-0.3, -0.25) is 19.7 Å². The molecule has 0 radical (unpaired) electrons. The number of non-ortho nitro benzene ring substituents is 1. The van der Waals surface area contributed by atoms with Crippen LogP contribution in [0.4, 0.5) is 5.69 Å². The highest BCUT2D eigenvalue weighted by Crippen LogP contribution is 2.21. The summed E-state index contributed by atoms with van der Waals surface area (Å²) < 4.78 is 0. The number of nitrogens with zero attached hydrogens (tertiary/aromatic N) is 1. The van der Waals surface area contributed by atoms with E-state index in [0.29, 0.717) is 17.4 Å². The molecule has 1 amide bonds. The van der Waals surface area contributed by atoms with Gasteiger partial charge in [0, 0.05) is 35.6 Å². The Bertz CT molecular complexity index is 775. The van der Waals surface area contributed by atoms with E-state index in [2.05, 4.69) is 15.6 Å². The summed E-state index contributed by atoms with van der Waals surface area (Å²) in [5.41, 5.74) is -0.0455. The maximum Gasteiger partial charge on any atom is 0.270 e. The van der Waals surface area contributed by atoms with E-state index in [1.54, 1.807) is 0 Å². The molecule has 8 nitrogen and oxygen atoms in total. The first kappa shape index (κ1) is 18.6. The molecule has 1 aromatic heterocycles. The molecule has 9 heteroatoms. The normalized spacial score (nSPS) is 10.1.